The van der Waals surface area contributed by atoms with E-state index in [4.69, 9.17) is 11.6 Å². The number of rotatable bonds is 3. The first-order valence-electron chi connectivity index (χ1n) is 9.01. The number of aryl methyl sites for hydroxylation is 1. The molecule has 0 aliphatic carbocycles. The molecule has 28 heavy (non-hydrogen) atoms. The van der Waals surface area contributed by atoms with Crippen molar-refractivity contribution in [2.75, 3.05) is 17.3 Å². The highest BCUT2D eigenvalue weighted by atomic mass is 35.5. The van der Waals surface area contributed by atoms with E-state index in [2.05, 4.69) is 26.2 Å². The van der Waals surface area contributed by atoms with E-state index in [1.807, 2.05) is 32.0 Å². The lowest BCUT2D eigenvalue weighted by atomic mass is 10.1. The van der Waals surface area contributed by atoms with Crippen molar-refractivity contribution in [2.24, 2.45) is 10.1 Å². The molecule has 1 fully saturated rings. The number of halogens is 1. The lowest BCUT2D eigenvalue weighted by Crippen LogP contribution is -2.25. The second kappa shape index (κ2) is 7.57. The molecule has 2 aliphatic rings. The molecule has 0 amide bonds. The first-order chi connectivity index (χ1) is 13.3. The Labute approximate surface area is 174 Å². The van der Waals surface area contributed by atoms with Crippen LogP contribution >= 0.6 is 23.4 Å². The van der Waals surface area contributed by atoms with Crippen LogP contribution in [0.15, 0.2) is 40.4 Å². The quantitative estimate of drug-likeness (QED) is 0.792. The molecule has 148 valence electrons. The number of amidine groups is 1. The number of hydrogen-bond acceptors (Lipinski definition) is 5. The molecule has 1 aromatic carbocycles. The molecule has 0 saturated carbocycles. The molecule has 9 heteroatoms. The average Bonchev–Trinajstić information content (AvgIpc) is 3.14. The van der Waals surface area contributed by atoms with Gasteiger partial charge in [-0.1, -0.05) is 29.4 Å². The summed E-state index contributed by atoms with van der Waals surface area (Å²) in [6.45, 7) is 4.06. The summed E-state index contributed by atoms with van der Waals surface area (Å²) in [5.74, 6) is 1.18. The molecule has 1 saturated heterocycles. The van der Waals surface area contributed by atoms with Crippen molar-refractivity contribution in [3.05, 3.63) is 52.3 Å². The third-order valence-electron chi connectivity index (χ3n) is 5.04. The number of hydrazone groups is 1. The number of thioether (sulfide) groups is 1. The molecule has 0 radical (unpaired) electrons. The molecule has 0 unspecified atom stereocenters. The fraction of sp³-hybridized carbons (Fsp3) is 0.368. The van der Waals surface area contributed by atoms with Gasteiger partial charge in [0.15, 0.2) is 15.0 Å². The summed E-state index contributed by atoms with van der Waals surface area (Å²) < 4.78 is 25.9. The topological polar surface area (TPSA) is 75.8 Å². The van der Waals surface area contributed by atoms with Crippen LogP contribution in [0.25, 0.3) is 0 Å². The number of sulfone groups is 1. The van der Waals surface area contributed by atoms with E-state index in [1.54, 1.807) is 17.8 Å². The van der Waals surface area contributed by atoms with Crippen LogP contribution in [0.4, 0.5) is 5.69 Å². The number of aromatic nitrogens is 1. The van der Waals surface area contributed by atoms with Crippen molar-refractivity contribution in [2.45, 2.75) is 26.3 Å². The number of nitrogens with zero attached hydrogens (tertiary/aromatic N) is 3. The Hall–Kier alpha value is -1.77. The summed E-state index contributed by atoms with van der Waals surface area (Å²) in [6, 6.07) is 9.49. The van der Waals surface area contributed by atoms with Crippen LogP contribution in [0.2, 0.25) is 5.02 Å². The Kier molecular flexibility index (Phi) is 5.28. The van der Waals surface area contributed by atoms with Gasteiger partial charge in [0.1, 0.15) is 0 Å². The largest absolute Gasteiger partial charge is 0.344 e. The minimum absolute atomic E-state index is 0.0171. The molecule has 0 spiro atoms. The Bertz CT molecular complexity index is 1090. The van der Waals surface area contributed by atoms with Gasteiger partial charge < -0.3 is 4.57 Å². The normalized spacial score (nSPS) is 22.9. The first kappa shape index (κ1) is 19.5. The molecule has 1 N–H and O–H groups in total. The van der Waals surface area contributed by atoms with E-state index in [0.29, 0.717) is 17.2 Å². The van der Waals surface area contributed by atoms with Crippen molar-refractivity contribution in [1.29, 1.82) is 0 Å². The van der Waals surface area contributed by atoms with Crippen LogP contribution < -0.4 is 5.43 Å². The molecule has 2 aliphatic heterocycles. The maximum absolute atomic E-state index is 11.9. The van der Waals surface area contributed by atoms with E-state index in [1.165, 1.54) is 0 Å². The molecular weight excluding hydrogens is 416 g/mol. The van der Waals surface area contributed by atoms with Gasteiger partial charge in [-0.15, -0.1) is 0 Å². The highest BCUT2D eigenvalue weighted by Crippen LogP contribution is 2.30. The van der Waals surface area contributed by atoms with Crippen LogP contribution in [0.1, 0.15) is 29.4 Å². The zero-order valence-electron chi connectivity index (χ0n) is 15.6. The van der Waals surface area contributed by atoms with Gasteiger partial charge in [0.05, 0.1) is 22.9 Å². The molecule has 4 rings (SSSR count). The average molecular weight is 437 g/mol. The third-order valence-corrected chi connectivity index (χ3v) is 7.90. The molecular formula is C19H21ClN4O2S2. The van der Waals surface area contributed by atoms with E-state index in [9.17, 15) is 8.42 Å². The maximum Gasteiger partial charge on any atom is 0.182 e. The third kappa shape index (κ3) is 3.99. The van der Waals surface area contributed by atoms with Gasteiger partial charge in [0.25, 0.3) is 0 Å². The summed E-state index contributed by atoms with van der Waals surface area (Å²) in [7, 11) is -2.93. The summed E-state index contributed by atoms with van der Waals surface area (Å²) in [4.78, 5) is 4.54. The zero-order valence-corrected chi connectivity index (χ0v) is 18.0. The molecule has 1 aromatic heterocycles. The minimum Gasteiger partial charge on any atom is -0.344 e. The van der Waals surface area contributed by atoms with Crippen LogP contribution in [0, 0.1) is 13.8 Å². The second-order valence-electron chi connectivity index (χ2n) is 7.07. The predicted octanol–water partition coefficient (Wildman–Crippen LogP) is 3.85. The van der Waals surface area contributed by atoms with Crippen molar-refractivity contribution < 1.29 is 8.42 Å². The Morgan fingerprint density at radius 1 is 1.32 bits per heavy atom. The van der Waals surface area contributed by atoms with Gasteiger partial charge in [0, 0.05) is 33.8 Å². The monoisotopic (exact) mass is 436 g/mol. The van der Waals surface area contributed by atoms with E-state index in [0.717, 1.165) is 33.5 Å². The fourth-order valence-corrected chi connectivity index (χ4v) is 6.44. The van der Waals surface area contributed by atoms with Crippen LogP contribution in [-0.2, 0) is 9.84 Å². The van der Waals surface area contributed by atoms with Crippen LogP contribution in [0.3, 0.4) is 0 Å². The predicted molar refractivity (Wildman–Crippen MR) is 117 cm³/mol. The van der Waals surface area contributed by atoms with Crippen LogP contribution in [-0.4, -0.2) is 41.1 Å². The molecule has 2 aromatic rings. The molecule has 1 atom stereocenters. The standard InChI is InChI=1S/C19H21ClN4O2S2/c1-12-8-17(13(2)24(12)16-6-7-28(25,26)11-16)18-10-27-19(23-22-18)21-15-5-3-4-14(20)9-15/h3-5,8-9,16H,6-7,10-11H2,1-2H3,(H,21,23)/t16-/m0/s1. The van der Waals surface area contributed by atoms with Gasteiger partial charge in [-0.3, -0.25) is 5.43 Å². The van der Waals surface area contributed by atoms with Crippen molar-refractivity contribution in [3.63, 3.8) is 0 Å². The second-order valence-corrected chi connectivity index (χ2v) is 10.7. The molecule has 6 nitrogen and oxygen atoms in total. The summed E-state index contributed by atoms with van der Waals surface area (Å²) >= 11 is 7.59. The zero-order chi connectivity index (χ0) is 19.9. The van der Waals surface area contributed by atoms with Gasteiger partial charge >= 0.3 is 0 Å². The minimum atomic E-state index is -2.93. The number of aliphatic imine (C=N–C) groups is 1. The maximum atomic E-state index is 11.9. The Balaban J connectivity index is 1.56. The fourth-order valence-electron chi connectivity index (χ4n) is 3.78. The van der Waals surface area contributed by atoms with Gasteiger partial charge in [-0.25, -0.2) is 13.4 Å². The van der Waals surface area contributed by atoms with E-state index >= 15 is 0 Å². The summed E-state index contributed by atoms with van der Waals surface area (Å²) in [6.07, 6.45) is 0.675. The lowest BCUT2D eigenvalue weighted by molar-refractivity contribution is 0.535. The first-order valence-corrected chi connectivity index (χ1v) is 12.2. The summed E-state index contributed by atoms with van der Waals surface area (Å²) in [5, 5.41) is 5.89. The summed E-state index contributed by atoms with van der Waals surface area (Å²) in [5.41, 5.74) is 7.94. The van der Waals surface area contributed by atoms with Crippen molar-refractivity contribution in [1.82, 2.24) is 9.99 Å². The smallest absolute Gasteiger partial charge is 0.182 e. The number of hydrogen-bond donors (Lipinski definition) is 1. The molecule has 0 bridgehead atoms. The van der Waals surface area contributed by atoms with Crippen molar-refractivity contribution >= 4 is 49.8 Å². The van der Waals surface area contributed by atoms with E-state index in [-0.39, 0.29) is 17.5 Å². The van der Waals surface area contributed by atoms with E-state index < -0.39 is 9.84 Å². The SMILES string of the molecule is Cc1cc(C2=NNC(=Nc3cccc(Cl)c3)SC2)c(C)n1[C@H]1CCS(=O)(=O)C1. The Morgan fingerprint density at radius 3 is 2.79 bits per heavy atom. The number of nitrogens with one attached hydrogen (secondary N) is 1. The van der Waals surface area contributed by atoms with Crippen molar-refractivity contribution in [3.8, 4) is 0 Å². The highest BCUT2D eigenvalue weighted by molar-refractivity contribution is 8.14. The highest BCUT2D eigenvalue weighted by Gasteiger charge is 2.31. The van der Waals surface area contributed by atoms with Gasteiger partial charge in [-0.05, 0) is 44.5 Å². The lowest BCUT2D eigenvalue weighted by Gasteiger charge is -2.18. The van der Waals surface area contributed by atoms with Gasteiger partial charge in [0.2, 0.25) is 0 Å². The number of benzene rings is 1. The van der Waals surface area contributed by atoms with Gasteiger partial charge in [-0.2, -0.15) is 5.10 Å². The molecule has 3 heterocycles. The Morgan fingerprint density at radius 2 is 2.14 bits per heavy atom. The van der Waals surface area contributed by atoms with Crippen LogP contribution in [0.5, 0.6) is 0 Å².